The maximum absolute atomic E-state index is 11.5. The predicted molar refractivity (Wildman–Crippen MR) is 67.5 cm³/mol. The maximum Gasteiger partial charge on any atom is 0.322 e. The van der Waals surface area contributed by atoms with Crippen molar-refractivity contribution in [3.8, 4) is 6.01 Å². The summed E-state index contributed by atoms with van der Waals surface area (Å²) in [5.74, 6) is 0.482. The number of halogens is 1. The number of hydrogen-bond acceptors (Lipinski definition) is 6. The Hall–Kier alpha value is -1.83. The summed E-state index contributed by atoms with van der Waals surface area (Å²) < 4.78 is 4.98. The number of carbonyl (C=O) groups excluding carboxylic acids is 1. The molecule has 19 heavy (non-hydrogen) atoms. The van der Waals surface area contributed by atoms with Gasteiger partial charge < -0.3 is 19.9 Å². The highest BCUT2D eigenvalue weighted by Gasteiger charge is 2.36. The zero-order valence-corrected chi connectivity index (χ0v) is 11.1. The summed E-state index contributed by atoms with van der Waals surface area (Å²) >= 11 is 5.84. The molecule has 1 atom stereocenters. The van der Waals surface area contributed by atoms with Gasteiger partial charge >= 0.3 is 12.0 Å². The smallest absolute Gasteiger partial charge is 0.322 e. The number of ether oxygens (including phenoxy) is 1. The number of aromatic nitrogens is 3. The summed E-state index contributed by atoms with van der Waals surface area (Å²) in [6.45, 7) is 2.61. The van der Waals surface area contributed by atoms with E-state index in [4.69, 9.17) is 16.3 Å². The Balaban J connectivity index is 1.80. The topological polar surface area (TPSA) is 83.5 Å². The Morgan fingerprint density at radius 3 is 3.00 bits per heavy atom. The molecule has 2 saturated heterocycles. The van der Waals surface area contributed by atoms with Crippen molar-refractivity contribution >= 4 is 23.6 Å². The van der Waals surface area contributed by atoms with E-state index in [9.17, 15) is 4.79 Å². The number of methoxy groups -OCH3 is 1. The van der Waals surface area contributed by atoms with Gasteiger partial charge in [-0.2, -0.15) is 15.0 Å². The highest BCUT2D eigenvalue weighted by molar-refractivity contribution is 6.28. The third kappa shape index (κ3) is 2.23. The lowest BCUT2D eigenvalue weighted by Gasteiger charge is -2.36. The van der Waals surface area contributed by atoms with Crippen LogP contribution in [0.4, 0.5) is 10.7 Å². The lowest BCUT2D eigenvalue weighted by molar-refractivity contribution is 0.197. The minimum atomic E-state index is -0.00379. The number of amides is 2. The normalized spacial score (nSPS) is 22.2. The molecule has 0 bridgehead atoms. The van der Waals surface area contributed by atoms with Crippen LogP contribution in [-0.4, -0.2) is 65.2 Å². The summed E-state index contributed by atoms with van der Waals surface area (Å²) in [7, 11) is 1.48. The van der Waals surface area contributed by atoms with Gasteiger partial charge in [0, 0.05) is 26.2 Å². The van der Waals surface area contributed by atoms with Crippen molar-refractivity contribution in [2.75, 3.05) is 38.2 Å². The first kappa shape index (κ1) is 12.2. The number of nitrogens with zero attached hydrogens (tertiary/aromatic N) is 5. The van der Waals surface area contributed by atoms with Crippen molar-refractivity contribution in [3.05, 3.63) is 5.28 Å². The molecule has 3 rings (SSSR count). The van der Waals surface area contributed by atoms with Crippen LogP contribution in [0.25, 0.3) is 0 Å². The third-order valence-electron chi connectivity index (χ3n) is 3.27. The highest BCUT2D eigenvalue weighted by Crippen LogP contribution is 2.20. The molecule has 0 aromatic carbocycles. The molecule has 2 aliphatic rings. The molecule has 8 nitrogen and oxygen atoms in total. The Kier molecular flexibility index (Phi) is 3.02. The van der Waals surface area contributed by atoms with Crippen molar-refractivity contribution in [2.45, 2.75) is 6.04 Å². The number of hydrogen-bond donors (Lipinski definition) is 1. The molecular formula is C10H13ClN6O2. The van der Waals surface area contributed by atoms with Gasteiger partial charge in [0.25, 0.3) is 0 Å². The highest BCUT2D eigenvalue weighted by atomic mass is 35.5. The molecule has 0 spiro atoms. The molecule has 0 aliphatic carbocycles. The molecule has 102 valence electrons. The van der Waals surface area contributed by atoms with E-state index in [-0.39, 0.29) is 23.4 Å². The van der Waals surface area contributed by atoms with E-state index in [0.29, 0.717) is 32.1 Å². The quantitative estimate of drug-likeness (QED) is 0.806. The zero-order valence-electron chi connectivity index (χ0n) is 10.3. The fraction of sp³-hybridized carbons (Fsp3) is 0.600. The predicted octanol–water partition coefficient (Wildman–Crippen LogP) is -0.253. The van der Waals surface area contributed by atoms with E-state index in [1.54, 1.807) is 0 Å². The van der Waals surface area contributed by atoms with E-state index in [1.807, 2.05) is 9.80 Å². The molecule has 2 fully saturated rings. The Labute approximate surface area is 114 Å². The number of piperazine rings is 1. The summed E-state index contributed by atoms with van der Waals surface area (Å²) in [5, 5.41) is 2.93. The van der Waals surface area contributed by atoms with Gasteiger partial charge in [-0.3, -0.25) is 0 Å². The third-order valence-corrected chi connectivity index (χ3v) is 3.44. The summed E-state index contributed by atoms with van der Waals surface area (Å²) in [5.41, 5.74) is 0. The molecule has 2 aliphatic heterocycles. The van der Waals surface area contributed by atoms with E-state index < -0.39 is 0 Å². The molecule has 1 aromatic rings. The molecule has 1 N–H and O–H groups in total. The van der Waals surface area contributed by atoms with Crippen molar-refractivity contribution in [3.63, 3.8) is 0 Å². The van der Waals surface area contributed by atoms with Gasteiger partial charge in [-0.15, -0.1) is 0 Å². The second-order valence-electron chi connectivity index (χ2n) is 4.37. The Bertz CT molecular complexity index is 513. The van der Waals surface area contributed by atoms with Crippen LogP contribution in [-0.2, 0) is 0 Å². The fourth-order valence-corrected chi connectivity index (χ4v) is 2.49. The molecule has 1 unspecified atom stereocenters. The molecular weight excluding hydrogens is 272 g/mol. The van der Waals surface area contributed by atoms with Gasteiger partial charge in [-0.1, -0.05) is 0 Å². The summed E-state index contributed by atoms with van der Waals surface area (Å²) in [4.78, 5) is 27.5. The van der Waals surface area contributed by atoms with Crippen LogP contribution < -0.4 is 15.0 Å². The van der Waals surface area contributed by atoms with Gasteiger partial charge in [0.2, 0.25) is 11.2 Å². The average molecular weight is 285 g/mol. The van der Waals surface area contributed by atoms with Crippen LogP contribution in [0.5, 0.6) is 6.01 Å². The summed E-state index contributed by atoms with van der Waals surface area (Å²) in [6.07, 6.45) is 0. The van der Waals surface area contributed by atoms with Crippen molar-refractivity contribution in [1.29, 1.82) is 0 Å². The maximum atomic E-state index is 11.5. The first-order valence-corrected chi connectivity index (χ1v) is 6.30. The zero-order chi connectivity index (χ0) is 13.4. The fourth-order valence-electron chi connectivity index (χ4n) is 2.34. The molecule has 9 heteroatoms. The minimum Gasteiger partial charge on any atom is -0.467 e. The number of urea groups is 1. The van der Waals surface area contributed by atoms with Crippen LogP contribution in [0, 0.1) is 0 Å². The van der Waals surface area contributed by atoms with Crippen molar-refractivity contribution < 1.29 is 9.53 Å². The molecule has 3 heterocycles. The Morgan fingerprint density at radius 1 is 1.37 bits per heavy atom. The van der Waals surface area contributed by atoms with Crippen LogP contribution in [0.3, 0.4) is 0 Å². The van der Waals surface area contributed by atoms with Crippen LogP contribution in [0.15, 0.2) is 0 Å². The number of carbonyl (C=O) groups is 1. The Morgan fingerprint density at radius 2 is 2.21 bits per heavy atom. The SMILES string of the molecule is COc1nc(Cl)nc(N2CCN3C(=O)NCC3C2)n1. The lowest BCUT2D eigenvalue weighted by atomic mass is 10.2. The van der Waals surface area contributed by atoms with E-state index in [1.165, 1.54) is 7.11 Å². The minimum absolute atomic E-state index is 0.00379. The first-order chi connectivity index (χ1) is 9.17. The second kappa shape index (κ2) is 4.69. The van der Waals surface area contributed by atoms with E-state index >= 15 is 0 Å². The molecule has 1 aromatic heterocycles. The number of nitrogens with one attached hydrogen (secondary N) is 1. The average Bonchev–Trinajstić information content (AvgIpc) is 2.79. The van der Waals surface area contributed by atoms with E-state index in [0.717, 1.165) is 0 Å². The molecule has 0 radical (unpaired) electrons. The number of fused-ring (bicyclic) bond motifs is 1. The van der Waals surface area contributed by atoms with Crippen LogP contribution in [0.2, 0.25) is 5.28 Å². The molecule has 0 saturated carbocycles. The van der Waals surface area contributed by atoms with Gasteiger partial charge in [-0.25, -0.2) is 4.79 Å². The lowest BCUT2D eigenvalue weighted by Crippen LogP contribution is -2.52. The largest absolute Gasteiger partial charge is 0.467 e. The monoisotopic (exact) mass is 284 g/mol. The van der Waals surface area contributed by atoms with Crippen LogP contribution >= 0.6 is 11.6 Å². The molecule has 2 amide bonds. The van der Waals surface area contributed by atoms with E-state index in [2.05, 4.69) is 20.3 Å². The van der Waals surface area contributed by atoms with Crippen molar-refractivity contribution in [1.82, 2.24) is 25.2 Å². The van der Waals surface area contributed by atoms with Gasteiger partial charge in [-0.05, 0) is 11.6 Å². The van der Waals surface area contributed by atoms with Gasteiger partial charge in [0.05, 0.1) is 13.2 Å². The van der Waals surface area contributed by atoms with Gasteiger partial charge in [0.15, 0.2) is 0 Å². The van der Waals surface area contributed by atoms with Crippen LogP contribution in [0.1, 0.15) is 0 Å². The number of anilines is 1. The summed E-state index contributed by atoms with van der Waals surface area (Å²) in [6, 6.07) is 0.330. The number of rotatable bonds is 2. The second-order valence-corrected chi connectivity index (χ2v) is 4.71. The van der Waals surface area contributed by atoms with Gasteiger partial charge in [0.1, 0.15) is 0 Å². The first-order valence-electron chi connectivity index (χ1n) is 5.92. The standard InChI is InChI=1S/C10H13ClN6O2/c1-19-9-14-7(11)13-8(15-9)16-2-3-17-6(5-16)4-12-10(17)18/h6H,2-5H2,1H3,(H,12,18). The van der Waals surface area contributed by atoms with Crippen molar-refractivity contribution in [2.24, 2.45) is 0 Å².